The number of carbonyl (C=O) groups excluding carboxylic acids is 1. The number of carbonyl (C=O) groups is 2. The summed E-state index contributed by atoms with van der Waals surface area (Å²) in [7, 11) is 0. The van der Waals surface area contributed by atoms with Gasteiger partial charge in [-0.25, -0.2) is 4.39 Å². The summed E-state index contributed by atoms with van der Waals surface area (Å²) in [5, 5.41) is 8.45. The molecule has 0 saturated carbocycles. The first-order valence-electron chi connectivity index (χ1n) is 4.59. The van der Waals surface area contributed by atoms with Gasteiger partial charge in [0, 0.05) is 12.0 Å². The molecule has 16 heavy (non-hydrogen) atoms. The fourth-order valence-electron chi connectivity index (χ4n) is 1.18. The van der Waals surface area contributed by atoms with Crippen LogP contribution in [-0.4, -0.2) is 17.4 Å². The zero-order chi connectivity index (χ0) is 12.0. The molecular weight excluding hydrogens is 211 g/mol. The number of hydrogen-bond donors (Lipinski definition) is 1. The van der Waals surface area contributed by atoms with E-state index in [0.717, 1.165) is 0 Å². The second-order valence-electron chi connectivity index (χ2n) is 3.09. The molecule has 0 amide bonds. The van der Waals surface area contributed by atoms with Gasteiger partial charge in [0.25, 0.3) is 0 Å². The Morgan fingerprint density at radius 1 is 1.50 bits per heavy atom. The van der Waals surface area contributed by atoms with Crippen LogP contribution < -0.4 is 0 Å². The molecule has 1 rings (SSSR count). The van der Waals surface area contributed by atoms with Crippen LogP contribution in [0.2, 0.25) is 0 Å². The predicted molar refractivity (Wildman–Crippen MR) is 55.3 cm³/mol. The van der Waals surface area contributed by atoms with E-state index in [2.05, 4.69) is 11.8 Å². The number of aldehydes is 1. The third-order valence-corrected chi connectivity index (χ3v) is 1.94. The topological polar surface area (TPSA) is 54.4 Å². The minimum absolute atomic E-state index is 0.115. The Morgan fingerprint density at radius 3 is 2.81 bits per heavy atom. The number of carboxylic acids is 1. The number of benzene rings is 1. The molecule has 0 fully saturated rings. The van der Waals surface area contributed by atoms with Crippen LogP contribution in [0.15, 0.2) is 18.2 Å². The average Bonchev–Trinajstić information content (AvgIpc) is 2.24. The molecule has 0 saturated heterocycles. The summed E-state index contributed by atoms with van der Waals surface area (Å²) < 4.78 is 13.4. The fraction of sp³-hybridized carbons (Fsp3) is 0.167. The van der Waals surface area contributed by atoms with Crippen molar-refractivity contribution in [1.29, 1.82) is 0 Å². The van der Waals surface area contributed by atoms with Gasteiger partial charge in [0.05, 0.1) is 0 Å². The molecule has 0 atom stereocenters. The third-order valence-electron chi connectivity index (χ3n) is 1.94. The molecular formula is C12H9FO3. The van der Waals surface area contributed by atoms with Crippen molar-refractivity contribution in [3.8, 4) is 11.8 Å². The van der Waals surface area contributed by atoms with Crippen molar-refractivity contribution in [3.63, 3.8) is 0 Å². The molecule has 0 bridgehead atoms. The Hall–Kier alpha value is -2.15. The van der Waals surface area contributed by atoms with Crippen molar-refractivity contribution in [3.05, 3.63) is 35.1 Å². The maximum Gasteiger partial charge on any atom is 0.303 e. The SMILES string of the molecule is O=CC#Cc1ccc(CCC(=O)O)c(F)c1. The quantitative estimate of drug-likeness (QED) is 0.618. The van der Waals surface area contributed by atoms with E-state index in [-0.39, 0.29) is 12.8 Å². The first kappa shape index (κ1) is 11.9. The highest BCUT2D eigenvalue weighted by molar-refractivity contribution is 5.74. The second kappa shape index (κ2) is 5.66. The highest BCUT2D eigenvalue weighted by Gasteiger charge is 2.05. The number of halogens is 1. The molecule has 0 spiro atoms. The zero-order valence-electron chi connectivity index (χ0n) is 8.37. The van der Waals surface area contributed by atoms with Crippen LogP contribution in [0.4, 0.5) is 4.39 Å². The monoisotopic (exact) mass is 220 g/mol. The van der Waals surface area contributed by atoms with E-state index in [0.29, 0.717) is 17.4 Å². The predicted octanol–water partition coefficient (Wildman–Crippen LogP) is 1.39. The van der Waals surface area contributed by atoms with Gasteiger partial charge in [0.2, 0.25) is 0 Å². The molecule has 0 aliphatic rings. The maximum atomic E-state index is 13.4. The van der Waals surface area contributed by atoms with Gasteiger partial charge < -0.3 is 5.11 Å². The Kier molecular flexibility index (Phi) is 4.22. The Balaban J connectivity index is 2.82. The van der Waals surface area contributed by atoms with Crippen LogP contribution in [0.25, 0.3) is 0 Å². The third kappa shape index (κ3) is 3.54. The molecule has 0 radical (unpaired) electrons. The minimum atomic E-state index is -0.968. The van der Waals surface area contributed by atoms with Gasteiger partial charge in [-0.15, -0.1) is 0 Å². The van der Waals surface area contributed by atoms with Crippen LogP contribution in [0.5, 0.6) is 0 Å². The molecule has 0 unspecified atom stereocenters. The van der Waals surface area contributed by atoms with E-state index in [1.165, 1.54) is 12.1 Å². The van der Waals surface area contributed by atoms with Crippen molar-refractivity contribution < 1.29 is 19.1 Å². The fourth-order valence-corrected chi connectivity index (χ4v) is 1.18. The Morgan fingerprint density at radius 2 is 2.25 bits per heavy atom. The van der Waals surface area contributed by atoms with E-state index in [1.807, 2.05) is 0 Å². The summed E-state index contributed by atoms with van der Waals surface area (Å²) in [6.07, 6.45) is 0.453. The molecule has 1 aromatic carbocycles. The molecule has 82 valence electrons. The summed E-state index contributed by atoms with van der Waals surface area (Å²) in [6, 6.07) is 4.22. The summed E-state index contributed by atoms with van der Waals surface area (Å²) in [5.41, 5.74) is 0.725. The number of hydrogen-bond acceptors (Lipinski definition) is 2. The lowest BCUT2D eigenvalue weighted by molar-refractivity contribution is -0.136. The van der Waals surface area contributed by atoms with Crippen LogP contribution in [0, 0.1) is 17.7 Å². The van der Waals surface area contributed by atoms with Gasteiger partial charge in [0.15, 0.2) is 6.29 Å². The van der Waals surface area contributed by atoms with Gasteiger partial charge in [-0.1, -0.05) is 12.0 Å². The second-order valence-corrected chi connectivity index (χ2v) is 3.09. The van der Waals surface area contributed by atoms with Crippen LogP contribution in [0.1, 0.15) is 17.5 Å². The molecule has 1 N–H and O–H groups in total. The molecule has 4 heteroatoms. The lowest BCUT2D eigenvalue weighted by Gasteiger charge is -2.01. The molecule has 0 heterocycles. The molecule has 0 aromatic heterocycles. The Bertz CT molecular complexity index is 469. The lowest BCUT2D eigenvalue weighted by atomic mass is 10.1. The normalized spacial score (nSPS) is 9.06. The lowest BCUT2D eigenvalue weighted by Crippen LogP contribution is -1.99. The largest absolute Gasteiger partial charge is 0.481 e. The number of carboxylic acid groups (broad SMARTS) is 1. The van der Waals surface area contributed by atoms with E-state index >= 15 is 0 Å². The Labute approximate surface area is 91.9 Å². The highest BCUT2D eigenvalue weighted by Crippen LogP contribution is 2.11. The van der Waals surface area contributed by atoms with Crippen LogP contribution in [0.3, 0.4) is 0 Å². The zero-order valence-corrected chi connectivity index (χ0v) is 8.37. The molecule has 3 nitrogen and oxygen atoms in total. The van der Waals surface area contributed by atoms with Crippen molar-refractivity contribution in [2.45, 2.75) is 12.8 Å². The van der Waals surface area contributed by atoms with Crippen LogP contribution in [-0.2, 0) is 16.0 Å². The maximum absolute atomic E-state index is 13.4. The number of rotatable bonds is 3. The van der Waals surface area contributed by atoms with Crippen LogP contribution >= 0.6 is 0 Å². The number of aliphatic carboxylic acids is 1. The number of aryl methyl sites for hydroxylation is 1. The van der Waals surface area contributed by atoms with Gasteiger partial charge in [-0.05, 0) is 30.0 Å². The van der Waals surface area contributed by atoms with Gasteiger partial charge >= 0.3 is 5.97 Å². The van der Waals surface area contributed by atoms with E-state index in [9.17, 15) is 14.0 Å². The highest BCUT2D eigenvalue weighted by atomic mass is 19.1. The van der Waals surface area contributed by atoms with Crippen molar-refractivity contribution in [1.82, 2.24) is 0 Å². The smallest absolute Gasteiger partial charge is 0.303 e. The van der Waals surface area contributed by atoms with Crippen molar-refractivity contribution in [2.24, 2.45) is 0 Å². The minimum Gasteiger partial charge on any atom is -0.481 e. The van der Waals surface area contributed by atoms with Gasteiger partial charge in [0.1, 0.15) is 5.82 Å². The van der Waals surface area contributed by atoms with Gasteiger partial charge in [-0.3, -0.25) is 9.59 Å². The summed E-state index contributed by atoms with van der Waals surface area (Å²) in [6.45, 7) is 0. The van der Waals surface area contributed by atoms with E-state index in [1.54, 1.807) is 6.07 Å². The molecule has 0 aliphatic carbocycles. The van der Waals surface area contributed by atoms with Gasteiger partial charge in [-0.2, -0.15) is 0 Å². The summed E-state index contributed by atoms with van der Waals surface area (Å²) in [5.74, 6) is 3.15. The van der Waals surface area contributed by atoms with E-state index < -0.39 is 11.8 Å². The first-order chi connectivity index (χ1) is 7.63. The standard InChI is InChI=1S/C12H9FO3/c13-11-8-9(2-1-7-14)3-4-10(11)5-6-12(15)16/h3-4,7-8H,5-6H2,(H,15,16). The molecule has 0 aliphatic heterocycles. The first-order valence-corrected chi connectivity index (χ1v) is 4.59. The van der Waals surface area contributed by atoms with E-state index in [4.69, 9.17) is 5.11 Å². The van der Waals surface area contributed by atoms with Crippen molar-refractivity contribution >= 4 is 12.3 Å². The summed E-state index contributed by atoms with van der Waals surface area (Å²) >= 11 is 0. The summed E-state index contributed by atoms with van der Waals surface area (Å²) in [4.78, 5) is 20.3. The van der Waals surface area contributed by atoms with Crippen molar-refractivity contribution in [2.75, 3.05) is 0 Å². The molecule has 1 aromatic rings. The average molecular weight is 220 g/mol.